The minimum absolute atomic E-state index is 0.0610. The van der Waals surface area contributed by atoms with Gasteiger partial charge >= 0.3 is 0 Å². The van der Waals surface area contributed by atoms with Gasteiger partial charge in [-0.05, 0) is 29.8 Å². The fraction of sp³-hybridized carbons (Fsp3) is 0.143. The van der Waals surface area contributed by atoms with Crippen molar-refractivity contribution in [2.75, 3.05) is 10.6 Å². The van der Waals surface area contributed by atoms with E-state index in [4.69, 9.17) is 0 Å². The predicted octanol–water partition coefficient (Wildman–Crippen LogP) is 3.54. The summed E-state index contributed by atoms with van der Waals surface area (Å²) in [5.74, 6) is -4.46. The maximum absolute atomic E-state index is 13.4. The maximum Gasteiger partial charge on any atom is 0.257 e. The molecule has 0 fully saturated rings. The smallest absolute Gasteiger partial charge is 0.257 e. The number of hydrogen-bond acceptors (Lipinski definition) is 5. The summed E-state index contributed by atoms with van der Waals surface area (Å²) in [6, 6.07) is 8.41. The van der Waals surface area contributed by atoms with Gasteiger partial charge in [0.15, 0.2) is 5.16 Å². The molecule has 2 heterocycles. The number of benzene rings is 2. The summed E-state index contributed by atoms with van der Waals surface area (Å²) in [6.07, 6.45) is -0.336. The van der Waals surface area contributed by atoms with Crippen molar-refractivity contribution in [2.24, 2.45) is 0 Å². The van der Waals surface area contributed by atoms with Gasteiger partial charge in [0.25, 0.3) is 5.56 Å². The minimum atomic E-state index is -1.21. The van der Waals surface area contributed by atoms with Gasteiger partial charge < -0.3 is 15.6 Å². The molecule has 1 aliphatic rings. The molecule has 1 unspecified atom stereocenters. The van der Waals surface area contributed by atoms with Crippen molar-refractivity contribution in [3.05, 3.63) is 81.4 Å². The first-order valence-electron chi connectivity index (χ1n) is 9.37. The van der Waals surface area contributed by atoms with Crippen molar-refractivity contribution < 1.29 is 22.8 Å². The lowest BCUT2D eigenvalue weighted by molar-refractivity contribution is -0.123. The molecule has 3 N–H and O–H groups in total. The Labute approximate surface area is 183 Å². The fourth-order valence-corrected chi connectivity index (χ4v) is 4.08. The number of nitrogens with zero attached hydrogens (tertiary/aromatic N) is 1. The minimum Gasteiger partial charge on any atom is -0.325 e. The van der Waals surface area contributed by atoms with Crippen LogP contribution in [0.25, 0.3) is 0 Å². The lowest BCUT2D eigenvalue weighted by atomic mass is 9.92. The standard InChI is InChI=1S/C21H15F3N4O3S/c22-11-3-1-2-10(4-11)9-32-21-27-18-17(20(31)28-21)15(8-16(29)26-18)19(30)25-14-6-12(23)5-13(24)7-14/h1-7,15H,8-9H2,(H,25,30)(H2,26,27,28,29,31). The molecular weight excluding hydrogens is 445 g/mol. The number of carbonyl (C=O) groups is 2. The van der Waals surface area contributed by atoms with Crippen LogP contribution < -0.4 is 16.2 Å². The molecule has 164 valence electrons. The summed E-state index contributed by atoms with van der Waals surface area (Å²) in [4.78, 5) is 44.3. The summed E-state index contributed by atoms with van der Waals surface area (Å²) in [7, 11) is 0. The van der Waals surface area contributed by atoms with Gasteiger partial charge in [-0.2, -0.15) is 0 Å². The molecule has 0 radical (unpaired) electrons. The third-order valence-corrected chi connectivity index (χ3v) is 5.58. The van der Waals surface area contributed by atoms with Crippen molar-refractivity contribution in [3.63, 3.8) is 0 Å². The van der Waals surface area contributed by atoms with E-state index in [1.807, 2.05) is 0 Å². The van der Waals surface area contributed by atoms with Crippen LogP contribution in [-0.2, 0) is 15.3 Å². The lowest BCUT2D eigenvalue weighted by Crippen LogP contribution is -2.36. The van der Waals surface area contributed by atoms with Gasteiger partial charge in [-0.25, -0.2) is 18.2 Å². The number of aromatic nitrogens is 2. The van der Waals surface area contributed by atoms with Crippen LogP contribution in [0.2, 0.25) is 0 Å². The molecule has 1 atom stereocenters. The van der Waals surface area contributed by atoms with Gasteiger partial charge in [-0.3, -0.25) is 14.4 Å². The highest BCUT2D eigenvalue weighted by atomic mass is 32.2. The quantitative estimate of drug-likeness (QED) is 0.399. The predicted molar refractivity (Wildman–Crippen MR) is 112 cm³/mol. The highest BCUT2D eigenvalue weighted by Crippen LogP contribution is 2.31. The van der Waals surface area contributed by atoms with Crippen LogP contribution >= 0.6 is 11.8 Å². The zero-order chi connectivity index (χ0) is 22.8. The van der Waals surface area contributed by atoms with Crippen LogP contribution in [0.3, 0.4) is 0 Å². The van der Waals surface area contributed by atoms with E-state index >= 15 is 0 Å². The topological polar surface area (TPSA) is 104 Å². The van der Waals surface area contributed by atoms with Crippen molar-refractivity contribution in [1.82, 2.24) is 9.97 Å². The first kappa shape index (κ1) is 21.6. The first-order valence-corrected chi connectivity index (χ1v) is 10.4. The second-order valence-corrected chi connectivity index (χ2v) is 7.97. The number of nitrogens with one attached hydrogen (secondary N) is 3. The Kier molecular flexibility index (Phi) is 5.99. The van der Waals surface area contributed by atoms with Gasteiger partial charge in [0, 0.05) is 23.9 Å². The molecular formula is C21H15F3N4O3S. The zero-order valence-electron chi connectivity index (χ0n) is 16.2. The SMILES string of the molecule is O=C1CC(C(=O)Nc2cc(F)cc(F)c2)c2c(nc(SCc3cccc(F)c3)[nH]c2=O)N1. The number of amides is 2. The van der Waals surface area contributed by atoms with Crippen molar-refractivity contribution in [3.8, 4) is 0 Å². The summed E-state index contributed by atoms with van der Waals surface area (Å²) in [5.41, 5.74) is -0.179. The summed E-state index contributed by atoms with van der Waals surface area (Å²) >= 11 is 1.12. The van der Waals surface area contributed by atoms with Crippen LogP contribution in [0.5, 0.6) is 0 Å². The highest BCUT2D eigenvalue weighted by molar-refractivity contribution is 7.98. The third-order valence-electron chi connectivity index (χ3n) is 4.64. The Hall–Kier alpha value is -3.60. The molecule has 1 aliphatic heterocycles. The molecule has 0 bridgehead atoms. The van der Waals surface area contributed by atoms with E-state index in [1.165, 1.54) is 12.1 Å². The fourth-order valence-electron chi connectivity index (χ4n) is 3.28. The third kappa shape index (κ3) is 4.83. The number of H-pyrrole nitrogens is 1. The molecule has 1 aromatic heterocycles. The second-order valence-electron chi connectivity index (χ2n) is 7.00. The maximum atomic E-state index is 13.4. The molecule has 0 saturated heterocycles. The molecule has 0 aliphatic carbocycles. The Morgan fingerprint density at radius 2 is 1.84 bits per heavy atom. The van der Waals surface area contributed by atoms with Gasteiger partial charge in [-0.15, -0.1) is 0 Å². The number of thioether (sulfide) groups is 1. The van der Waals surface area contributed by atoms with Crippen LogP contribution in [0.1, 0.15) is 23.5 Å². The molecule has 11 heteroatoms. The number of rotatable bonds is 5. The first-order chi connectivity index (χ1) is 15.3. The van der Waals surface area contributed by atoms with E-state index in [0.29, 0.717) is 17.4 Å². The van der Waals surface area contributed by atoms with E-state index in [1.54, 1.807) is 12.1 Å². The van der Waals surface area contributed by atoms with E-state index < -0.39 is 40.7 Å². The summed E-state index contributed by atoms with van der Waals surface area (Å²) < 4.78 is 40.1. The Morgan fingerprint density at radius 3 is 2.56 bits per heavy atom. The van der Waals surface area contributed by atoms with Gasteiger partial charge in [0.05, 0.1) is 11.5 Å². The molecule has 7 nitrogen and oxygen atoms in total. The molecule has 3 aromatic rings. The number of anilines is 2. The van der Waals surface area contributed by atoms with Crippen molar-refractivity contribution in [1.29, 1.82) is 0 Å². The number of aromatic amines is 1. The van der Waals surface area contributed by atoms with E-state index in [2.05, 4.69) is 20.6 Å². The number of halogens is 3. The van der Waals surface area contributed by atoms with Gasteiger partial charge in [0.2, 0.25) is 11.8 Å². The monoisotopic (exact) mass is 460 g/mol. The Morgan fingerprint density at radius 1 is 1.09 bits per heavy atom. The molecule has 0 spiro atoms. The van der Waals surface area contributed by atoms with E-state index in [-0.39, 0.29) is 28.6 Å². The average molecular weight is 460 g/mol. The zero-order valence-corrected chi connectivity index (χ0v) is 17.1. The Bertz CT molecular complexity index is 1260. The van der Waals surface area contributed by atoms with E-state index in [9.17, 15) is 27.6 Å². The second kappa shape index (κ2) is 8.87. The van der Waals surface area contributed by atoms with Crippen LogP contribution in [0.15, 0.2) is 52.4 Å². The largest absolute Gasteiger partial charge is 0.325 e. The summed E-state index contributed by atoms with van der Waals surface area (Å²) in [6.45, 7) is 0. The molecule has 2 amide bonds. The highest BCUT2D eigenvalue weighted by Gasteiger charge is 2.34. The number of carbonyl (C=O) groups excluding carboxylic acids is 2. The Balaban J connectivity index is 1.58. The molecule has 2 aromatic carbocycles. The van der Waals surface area contributed by atoms with Crippen LogP contribution in [-0.4, -0.2) is 21.8 Å². The number of fused-ring (bicyclic) bond motifs is 1. The normalized spacial score (nSPS) is 15.1. The molecule has 4 rings (SSSR count). The average Bonchev–Trinajstić information content (AvgIpc) is 2.70. The van der Waals surface area contributed by atoms with Gasteiger partial charge in [0.1, 0.15) is 23.3 Å². The van der Waals surface area contributed by atoms with E-state index in [0.717, 1.165) is 23.9 Å². The molecule has 0 saturated carbocycles. The van der Waals surface area contributed by atoms with Crippen molar-refractivity contribution in [2.45, 2.75) is 23.2 Å². The van der Waals surface area contributed by atoms with Crippen molar-refractivity contribution >= 4 is 35.1 Å². The summed E-state index contributed by atoms with van der Waals surface area (Å²) in [5, 5.41) is 4.97. The number of hydrogen-bond donors (Lipinski definition) is 3. The lowest BCUT2D eigenvalue weighted by Gasteiger charge is -2.23. The van der Waals surface area contributed by atoms with Crippen LogP contribution in [0, 0.1) is 17.5 Å². The van der Waals surface area contributed by atoms with Crippen LogP contribution in [0.4, 0.5) is 24.7 Å². The van der Waals surface area contributed by atoms with Gasteiger partial charge in [-0.1, -0.05) is 23.9 Å². The molecule has 32 heavy (non-hydrogen) atoms.